The number of rotatable bonds is 4. The molecule has 20 heavy (non-hydrogen) atoms. The molecule has 1 aliphatic rings. The molecule has 1 heterocycles. The Morgan fingerprint density at radius 1 is 1.35 bits per heavy atom. The molecule has 0 spiro atoms. The van der Waals surface area contributed by atoms with E-state index in [2.05, 4.69) is 74.9 Å². The van der Waals surface area contributed by atoms with Crippen molar-refractivity contribution in [3.05, 3.63) is 34.3 Å². The first kappa shape index (κ1) is 16.5. The first-order chi connectivity index (χ1) is 9.51. The van der Waals surface area contributed by atoms with E-state index in [1.807, 2.05) is 0 Å². The summed E-state index contributed by atoms with van der Waals surface area (Å²) in [5, 5.41) is 6.55. The third-order valence-corrected chi connectivity index (χ3v) is 7.94. The van der Waals surface area contributed by atoms with Gasteiger partial charge >= 0.3 is 0 Å². The Morgan fingerprint density at radius 2 is 2.10 bits per heavy atom. The van der Waals surface area contributed by atoms with Crippen LogP contribution in [0.5, 0.6) is 0 Å². The molecule has 0 saturated carbocycles. The van der Waals surface area contributed by atoms with Crippen LogP contribution in [0.1, 0.15) is 25.0 Å². The average molecular weight is 330 g/mol. The summed E-state index contributed by atoms with van der Waals surface area (Å²) in [7, 11) is 2.07. The van der Waals surface area contributed by atoms with Crippen LogP contribution in [-0.4, -0.2) is 34.6 Å². The number of benzene rings is 1. The smallest absolute Gasteiger partial charge is 0.0441 e. The van der Waals surface area contributed by atoms with E-state index in [1.165, 1.54) is 16.9 Å². The highest BCUT2D eigenvalue weighted by atomic mass is 35.5. The van der Waals surface area contributed by atoms with Crippen LogP contribution < -0.4 is 5.32 Å². The van der Waals surface area contributed by atoms with Gasteiger partial charge in [-0.15, -0.1) is 0 Å². The molecule has 1 saturated heterocycles. The van der Waals surface area contributed by atoms with E-state index in [4.69, 9.17) is 11.6 Å². The van der Waals surface area contributed by atoms with Crippen LogP contribution in [0.2, 0.25) is 5.02 Å². The molecule has 0 radical (unpaired) electrons. The summed E-state index contributed by atoms with van der Waals surface area (Å²) >= 11 is 10.6. The third kappa shape index (κ3) is 4.09. The third-order valence-electron chi connectivity index (χ3n) is 4.04. The second kappa shape index (κ2) is 7.44. The van der Waals surface area contributed by atoms with Crippen molar-refractivity contribution >= 4 is 35.1 Å². The zero-order valence-electron chi connectivity index (χ0n) is 12.7. The molecule has 2 rings (SSSR count). The van der Waals surface area contributed by atoms with Crippen molar-refractivity contribution in [2.45, 2.75) is 49.0 Å². The van der Waals surface area contributed by atoms with Gasteiger partial charge in [-0.2, -0.15) is 23.5 Å². The Labute approximate surface area is 136 Å². The minimum atomic E-state index is 0.489. The molecule has 0 aromatic heterocycles. The second-order valence-corrected chi connectivity index (χ2v) is 9.05. The maximum Gasteiger partial charge on any atom is 0.0441 e. The summed E-state index contributed by atoms with van der Waals surface area (Å²) in [6.45, 7) is 6.77. The molecule has 0 bridgehead atoms. The molecule has 4 heteroatoms. The van der Waals surface area contributed by atoms with Gasteiger partial charge in [0.05, 0.1) is 0 Å². The molecule has 1 nitrogen and oxygen atoms in total. The summed E-state index contributed by atoms with van der Waals surface area (Å²) in [5.41, 5.74) is 2.48. The molecule has 1 aliphatic heterocycles. The van der Waals surface area contributed by atoms with Gasteiger partial charge in [-0.1, -0.05) is 37.6 Å². The lowest BCUT2D eigenvalue weighted by Gasteiger charge is -2.36. The number of likely N-dealkylation sites (N-methyl/N-ethyl adjacent to an activating group) is 1. The number of hydrogen-bond donors (Lipinski definition) is 1. The van der Waals surface area contributed by atoms with Gasteiger partial charge in [-0.3, -0.25) is 0 Å². The zero-order valence-corrected chi connectivity index (χ0v) is 15.0. The topological polar surface area (TPSA) is 12.0 Å². The maximum atomic E-state index is 6.38. The fourth-order valence-corrected chi connectivity index (χ4v) is 5.97. The predicted octanol–water partition coefficient (Wildman–Crippen LogP) is 4.40. The zero-order chi connectivity index (χ0) is 14.7. The molecule has 1 aromatic rings. The second-order valence-electron chi connectivity index (χ2n) is 5.61. The van der Waals surface area contributed by atoms with Crippen molar-refractivity contribution in [1.29, 1.82) is 0 Å². The monoisotopic (exact) mass is 329 g/mol. The normalized spacial score (nSPS) is 28.4. The summed E-state index contributed by atoms with van der Waals surface area (Å²) in [6.07, 6.45) is 1.01. The fourth-order valence-electron chi connectivity index (χ4n) is 2.49. The van der Waals surface area contributed by atoms with Gasteiger partial charge in [0.25, 0.3) is 0 Å². The summed E-state index contributed by atoms with van der Waals surface area (Å²) in [4.78, 5) is 0. The van der Waals surface area contributed by atoms with Crippen molar-refractivity contribution < 1.29 is 0 Å². The minimum absolute atomic E-state index is 0.489. The lowest BCUT2D eigenvalue weighted by Crippen LogP contribution is -2.43. The summed E-state index contributed by atoms with van der Waals surface area (Å²) in [6, 6.07) is 6.88. The lowest BCUT2D eigenvalue weighted by molar-refractivity contribution is 0.554. The van der Waals surface area contributed by atoms with Gasteiger partial charge in [0.15, 0.2) is 0 Å². The molecule has 112 valence electrons. The molecular formula is C16H24ClNS2. The van der Waals surface area contributed by atoms with Gasteiger partial charge in [-0.05, 0) is 37.6 Å². The van der Waals surface area contributed by atoms with Crippen LogP contribution in [0.3, 0.4) is 0 Å². The summed E-state index contributed by atoms with van der Waals surface area (Å²) < 4.78 is 0. The van der Waals surface area contributed by atoms with E-state index >= 15 is 0 Å². The number of hydrogen-bond acceptors (Lipinski definition) is 3. The van der Waals surface area contributed by atoms with Crippen LogP contribution in [0.25, 0.3) is 0 Å². The number of halogens is 1. The van der Waals surface area contributed by atoms with Crippen molar-refractivity contribution in [1.82, 2.24) is 5.32 Å². The lowest BCUT2D eigenvalue weighted by atomic mass is 10.0. The minimum Gasteiger partial charge on any atom is -0.316 e. The van der Waals surface area contributed by atoms with E-state index in [0.29, 0.717) is 11.3 Å². The SMILES string of the molecule is CNC(Cc1ccc(C)cc1Cl)C1CSC(C)C(C)S1. The van der Waals surface area contributed by atoms with Crippen LogP contribution in [-0.2, 0) is 6.42 Å². The molecule has 1 N–H and O–H groups in total. The standard InChI is InChI=1S/C16H24ClNS2/c1-10-5-6-13(14(17)7-10)8-15(18-4)16-9-19-11(2)12(3)20-16/h5-7,11-12,15-16,18H,8-9H2,1-4H3. The number of nitrogens with one attached hydrogen (secondary N) is 1. The Balaban J connectivity index is 2.05. The van der Waals surface area contributed by atoms with Crippen molar-refractivity contribution in [3.63, 3.8) is 0 Å². The van der Waals surface area contributed by atoms with E-state index in [0.717, 1.165) is 21.9 Å². The van der Waals surface area contributed by atoms with Crippen LogP contribution in [0, 0.1) is 6.92 Å². The van der Waals surface area contributed by atoms with Gasteiger partial charge in [0.2, 0.25) is 0 Å². The Morgan fingerprint density at radius 3 is 2.70 bits per heavy atom. The van der Waals surface area contributed by atoms with Crippen LogP contribution in [0.4, 0.5) is 0 Å². The quantitative estimate of drug-likeness (QED) is 0.879. The molecule has 4 atom stereocenters. The van der Waals surface area contributed by atoms with Crippen LogP contribution >= 0.6 is 35.1 Å². The number of aryl methyl sites for hydroxylation is 1. The van der Waals surface area contributed by atoms with Crippen molar-refractivity contribution in [2.24, 2.45) is 0 Å². The predicted molar refractivity (Wildman–Crippen MR) is 95.5 cm³/mol. The van der Waals surface area contributed by atoms with Gasteiger partial charge in [-0.25, -0.2) is 0 Å². The molecule has 1 aromatic carbocycles. The number of thioether (sulfide) groups is 2. The first-order valence-electron chi connectivity index (χ1n) is 7.20. The first-order valence-corrected chi connectivity index (χ1v) is 9.57. The Bertz CT molecular complexity index is 452. The molecule has 0 amide bonds. The van der Waals surface area contributed by atoms with Gasteiger partial charge < -0.3 is 5.32 Å². The summed E-state index contributed by atoms with van der Waals surface area (Å²) in [5.74, 6) is 1.23. The highest BCUT2D eigenvalue weighted by molar-refractivity contribution is 8.07. The molecular weight excluding hydrogens is 306 g/mol. The highest BCUT2D eigenvalue weighted by Crippen LogP contribution is 2.37. The van der Waals surface area contributed by atoms with Crippen LogP contribution in [0.15, 0.2) is 18.2 Å². The molecule has 1 fully saturated rings. The molecule has 0 aliphatic carbocycles. The Kier molecular flexibility index (Phi) is 6.15. The molecule has 4 unspecified atom stereocenters. The van der Waals surface area contributed by atoms with E-state index < -0.39 is 0 Å². The van der Waals surface area contributed by atoms with E-state index in [1.54, 1.807) is 0 Å². The van der Waals surface area contributed by atoms with Gasteiger partial charge in [0.1, 0.15) is 0 Å². The Hall–Kier alpha value is 0.170. The van der Waals surface area contributed by atoms with E-state index in [-0.39, 0.29) is 0 Å². The highest BCUT2D eigenvalue weighted by Gasteiger charge is 2.30. The van der Waals surface area contributed by atoms with Crippen molar-refractivity contribution in [3.8, 4) is 0 Å². The van der Waals surface area contributed by atoms with Gasteiger partial charge in [0, 0.05) is 32.6 Å². The largest absolute Gasteiger partial charge is 0.316 e. The average Bonchev–Trinajstić information content (AvgIpc) is 2.41. The maximum absolute atomic E-state index is 6.38. The van der Waals surface area contributed by atoms with Crippen molar-refractivity contribution in [2.75, 3.05) is 12.8 Å². The fraction of sp³-hybridized carbons (Fsp3) is 0.625. The van der Waals surface area contributed by atoms with E-state index in [9.17, 15) is 0 Å².